The molecule has 0 bridgehead atoms. The summed E-state index contributed by atoms with van der Waals surface area (Å²) in [4.78, 5) is 4.39. The molecule has 2 aromatic heterocycles. The number of hydrogen-bond acceptors (Lipinski definition) is 1. The van der Waals surface area contributed by atoms with Crippen molar-refractivity contribution >= 4 is 0 Å². The van der Waals surface area contributed by atoms with Gasteiger partial charge in [0.1, 0.15) is 0 Å². The molecule has 0 N–H and O–H groups in total. The van der Waals surface area contributed by atoms with E-state index in [1.165, 1.54) is 22.3 Å². The normalized spacial score (nSPS) is 10.9. The lowest BCUT2D eigenvalue weighted by Gasteiger charge is -2.23. The molecule has 0 saturated heterocycles. The zero-order valence-corrected chi connectivity index (χ0v) is 23.1. The van der Waals surface area contributed by atoms with Gasteiger partial charge in [-0.15, -0.1) is 0 Å². The summed E-state index contributed by atoms with van der Waals surface area (Å²) in [5.74, 6) is 0. The highest BCUT2D eigenvalue weighted by Gasteiger charge is 2.35. The van der Waals surface area contributed by atoms with E-state index in [9.17, 15) is 0 Å². The summed E-state index contributed by atoms with van der Waals surface area (Å²) in [5, 5.41) is 0. The summed E-state index contributed by atoms with van der Waals surface area (Å²) in [7, 11) is 0. The Labute approximate surface area is 246 Å². The highest BCUT2D eigenvalue weighted by atomic mass is 15.0. The number of pyridine rings is 2. The minimum absolute atomic E-state index is 1.05. The molecule has 0 atom stereocenters. The molecular formula is C40H29N2+. The Bertz CT molecular complexity index is 1520. The van der Waals surface area contributed by atoms with Gasteiger partial charge in [0.2, 0.25) is 17.1 Å². The summed E-state index contributed by atoms with van der Waals surface area (Å²) in [6, 6.07) is 58.1. The smallest absolute Gasteiger partial charge is 0.227 e. The maximum atomic E-state index is 4.39. The number of nitrogens with zero attached hydrogens (tertiary/aromatic N) is 2. The standard InChI is InChI=1S/C40H29N2/c1-6-16-30(17-7-1)36-37(31-18-8-2-9-19-31)39(33-22-12-4-13-23-33)42(35-26-28-41-29-27-35)40(34-24-14-5-15-25-34)38(36)32-20-10-3-11-21-32/h1-29H/q+1. The summed E-state index contributed by atoms with van der Waals surface area (Å²) in [6.45, 7) is 0. The van der Waals surface area contributed by atoms with Gasteiger partial charge in [0, 0.05) is 41.2 Å². The summed E-state index contributed by atoms with van der Waals surface area (Å²) >= 11 is 0. The molecule has 42 heavy (non-hydrogen) atoms. The van der Waals surface area contributed by atoms with E-state index in [1.807, 2.05) is 12.4 Å². The first kappa shape index (κ1) is 25.4. The predicted molar refractivity (Wildman–Crippen MR) is 173 cm³/mol. The zero-order valence-electron chi connectivity index (χ0n) is 23.1. The zero-order chi connectivity index (χ0) is 28.1. The van der Waals surface area contributed by atoms with E-state index in [1.54, 1.807) is 0 Å². The molecule has 0 aliphatic heterocycles. The largest absolute Gasteiger partial charge is 0.264 e. The highest BCUT2D eigenvalue weighted by molar-refractivity contribution is 6.03. The van der Waals surface area contributed by atoms with Crippen LogP contribution in [-0.4, -0.2) is 4.98 Å². The van der Waals surface area contributed by atoms with Crippen LogP contribution in [0, 0.1) is 0 Å². The van der Waals surface area contributed by atoms with Crippen molar-refractivity contribution in [1.82, 2.24) is 4.98 Å². The lowest BCUT2D eigenvalue weighted by molar-refractivity contribution is -0.571. The predicted octanol–water partition coefficient (Wildman–Crippen LogP) is 9.69. The van der Waals surface area contributed by atoms with Gasteiger partial charge in [-0.3, -0.25) is 4.98 Å². The molecule has 0 spiro atoms. The minimum Gasteiger partial charge on any atom is -0.264 e. The number of benzene rings is 5. The summed E-state index contributed by atoms with van der Waals surface area (Å²) in [5.41, 5.74) is 12.7. The van der Waals surface area contributed by atoms with Crippen molar-refractivity contribution in [2.45, 2.75) is 0 Å². The maximum Gasteiger partial charge on any atom is 0.227 e. The van der Waals surface area contributed by atoms with Gasteiger partial charge >= 0.3 is 0 Å². The van der Waals surface area contributed by atoms with Crippen molar-refractivity contribution in [2.75, 3.05) is 0 Å². The van der Waals surface area contributed by atoms with E-state index in [2.05, 4.69) is 173 Å². The van der Waals surface area contributed by atoms with Crippen LogP contribution in [0.15, 0.2) is 176 Å². The van der Waals surface area contributed by atoms with Crippen LogP contribution in [0.1, 0.15) is 0 Å². The Hall–Kier alpha value is -5.60. The van der Waals surface area contributed by atoms with Crippen molar-refractivity contribution in [3.63, 3.8) is 0 Å². The van der Waals surface area contributed by atoms with Crippen LogP contribution in [0.3, 0.4) is 0 Å². The lowest BCUT2D eigenvalue weighted by Crippen LogP contribution is -2.38. The number of hydrogen-bond donors (Lipinski definition) is 0. The Kier molecular flexibility index (Phi) is 6.94. The monoisotopic (exact) mass is 537 g/mol. The van der Waals surface area contributed by atoms with Crippen molar-refractivity contribution < 1.29 is 4.57 Å². The van der Waals surface area contributed by atoms with Crippen molar-refractivity contribution in [1.29, 1.82) is 0 Å². The van der Waals surface area contributed by atoms with Gasteiger partial charge < -0.3 is 0 Å². The first-order chi connectivity index (χ1) is 20.9. The third-order valence-corrected chi connectivity index (χ3v) is 7.62. The topological polar surface area (TPSA) is 16.8 Å². The molecule has 7 aromatic rings. The summed E-state index contributed by atoms with van der Waals surface area (Å²) in [6.07, 6.45) is 3.75. The Morgan fingerprint density at radius 2 is 0.619 bits per heavy atom. The van der Waals surface area contributed by atoms with E-state index >= 15 is 0 Å². The van der Waals surface area contributed by atoms with Gasteiger partial charge in [0.05, 0.1) is 11.1 Å². The fourth-order valence-corrected chi connectivity index (χ4v) is 5.85. The Morgan fingerprint density at radius 3 is 0.976 bits per heavy atom. The molecule has 2 heterocycles. The van der Waals surface area contributed by atoms with E-state index in [-0.39, 0.29) is 0 Å². The van der Waals surface area contributed by atoms with Gasteiger partial charge in [0.25, 0.3) is 0 Å². The van der Waals surface area contributed by atoms with E-state index < -0.39 is 0 Å². The van der Waals surface area contributed by atoms with Gasteiger partial charge in [0.15, 0.2) is 0 Å². The fourth-order valence-electron chi connectivity index (χ4n) is 5.85. The SMILES string of the molecule is c1ccc(-c2c(-c3ccccc3)c(-c3ccccc3)[n+](-c3ccncc3)c(-c3ccccc3)c2-c2ccccc2)cc1. The van der Waals surface area contributed by atoms with E-state index in [0.29, 0.717) is 0 Å². The molecule has 5 aromatic carbocycles. The van der Waals surface area contributed by atoms with Crippen LogP contribution >= 0.6 is 0 Å². The molecule has 0 radical (unpaired) electrons. The quantitative estimate of drug-likeness (QED) is 0.193. The number of rotatable bonds is 6. The molecule has 0 amide bonds. The molecule has 0 fully saturated rings. The van der Waals surface area contributed by atoms with Crippen LogP contribution in [0.25, 0.3) is 61.6 Å². The first-order valence-corrected chi connectivity index (χ1v) is 14.2. The summed E-state index contributed by atoms with van der Waals surface area (Å²) < 4.78 is 2.43. The van der Waals surface area contributed by atoms with Crippen molar-refractivity contribution in [2.24, 2.45) is 0 Å². The van der Waals surface area contributed by atoms with Crippen molar-refractivity contribution in [3.05, 3.63) is 176 Å². The highest BCUT2D eigenvalue weighted by Crippen LogP contribution is 2.48. The fraction of sp³-hybridized carbons (Fsp3) is 0. The average Bonchev–Trinajstić information content (AvgIpc) is 3.09. The van der Waals surface area contributed by atoms with Gasteiger partial charge in [-0.05, 0) is 41.0 Å². The Balaban J connectivity index is 1.81. The van der Waals surface area contributed by atoms with Crippen LogP contribution in [-0.2, 0) is 0 Å². The van der Waals surface area contributed by atoms with Gasteiger partial charge in [-0.2, -0.15) is 4.57 Å². The van der Waals surface area contributed by atoms with Crippen LogP contribution in [0.2, 0.25) is 0 Å². The van der Waals surface area contributed by atoms with E-state index in [4.69, 9.17) is 0 Å². The third kappa shape index (κ3) is 4.70. The molecule has 198 valence electrons. The molecule has 0 saturated carbocycles. The molecule has 2 nitrogen and oxygen atoms in total. The molecule has 7 rings (SSSR count). The lowest BCUT2D eigenvalue weighted by atomic mass is 9.82. The second-order valence-corrected chi connectivity index (χ2v) is 10.2. The van der Waals surface area contributed by atoms with Crippen LogP contribution in [0.4, 0.5) is 0 Å². The third-order valence-electron chi connectivity index (χ3n) is 7.62. The molecule has 0 unspecified atom stereocenters. The molecular weight excluding hydrogens is 508 g/mol. The first-order valence-electron chi connectivity index (χ1n) is 14.2. The maximum absolute atomic E-state index is 4.39. The minimum atomic E-state index is 1.05. The molecule has 0 aliphatic rings. The molecule has 0 aliphatic carbocycles. The van der Waals surface area contributed by atoms with Crippen LogP contribution in [0.5, 0.6) is 0 Å². The Morgan fingerprint density at radius 1 is 0.310 bits per heavy atom. The second kappa shape index (κ2) is 11.5. The van der Waals surface area contributed by atoms with Gasteiger partial charge in [-0.25, -0.2) is 0 Å². The molecule has 2 heteroatoms. The average molecular weight is 538 g/mol. The van der Waals surface area contributed by atoms with Crippen LogP contribution < -0.4 is 4.57 Å². The second-order valence-electron chi connectivity index (χ2n) is 10.2. The van der Waals surface area contributed by atoms with E-state index in [0.717, 1.165) is 39.3 Å². The van der Waals surface area contributed by atoms with Crippen molar-refractivity contribution in [3.8, 4) is 61.6 Å². The van der Waals surface area contributed by atoms with Gasteiger partial charge in [-0.1, -0.05) is 127 Å². The number of aromatic nitrogens is 2.